The number of carbonyl (C=O) groups is 3. The molecule has 0 bridgehead atoms. The number of esters is 1. The molecule has 0 fully saturated rings. The topological polar surface area (TPSA) is 95.9 Å². The summed E-state index contributed by atoms with van der Waals surface area (Å²) in [6, 6.07) is 9.23. The zero-order valence-electron chi connectivity index (χ0n) is 17.6. The summed E-state index contributed by atoms with van der Waals surface area (Å²) in [6.07, 6.45) is 6.09. The van der Waals surface area contributed by atoms with Crippen molar-refractivity contribution in [3.8, 4) is 0 Å². The Balaban J connectivity index is 2.06. The molecule has 1 aliphatic rings. The van der Waals surface area contributed by atoms with Crippen LogP contribution in [0, 0.1) is 5.92 Å². The molecule has 164 valence electrons. The number of amides is 2. The summed E-state index contributed by atoms with van der Waals surface area (Å²) in [7, 11) is 0. The first-order valence-electron chi connectivity index (χ1n) is 10.5. The van der Waals surface area contributed by atoms with Gasteiger partial charge in [-0.25, -0.2) is 0 Å². The fourth-order valence-corrected chi connectivity index (χ4v) is 3.27. The van der Waals surface area contributed by atoms with Crippen molar-refractivity contribution in [3.05, 3.63) is 48.0 Å². The van der Waals surface area contributed by atoms with Crippen LogP contribution in [0.15, 0.2) is 42.5 Å². The van der Waals surface area contributed by atoms with Crippen LogP contribution < -0.4 is 5.32 Å². The number of carbonyl (C=O) groups excluding carboxylic acids is 3. The number of rotatable bonds is 6. The van der Waals surface area contributed by atoms with Crippen molar-refractivity contribution in [3.63, 3.8) is 0 Å². The van der Waals surface area contributed by atoms with Crippen molar-refractivity contribution in [1.82, 2.24) is 10.2 Å². The fourth-order valence-electron chi connectivity index (χ4n) is 3.27. The van der Waals surface area contributed by atoms with E-state index in [1.165, 1.54) is 0 Å². The van der Waals surface area contributed by atoms with Crippen LogP contribution in [0.3, 0.4) is 0 Å². The first-order valence-corrected chi connectivity index (χ1v) is 10.5. The summed E-state index contributed by atoms with van der Waals surface area (Å²) in [4.78, 5) is 39.0. The zero-order valence-corrected chi connectivity index (χ0v) is 17.6. The van der Waals surface area contributed by atoms with Crippen molar-refractivity contribution >= 4 is 17.8 Å². The van der Waals surface area contributed by atoms with Gasteiger partial charge in [-0.3, -0.25) is 14.4 Å². The SMILES string of the molecule is C[C@H]1COC(=O)CCCC=CC[C@H](CC(=O)N(CCO)Cc2ccccc2)C(=O)N1. The third-order valence-corrected chi connectivity index (χ3v) is 4.95. The number of ether oxygens (including phenoxy) is 1. The molecule has 2 N–H and O–H groups in total. The van der Waals surface area contributed by atoms with E-state index >= 15 is 0 Å². The lowest BCUT2D eigenvalue weighted by atomic mass is 9.98. The van der Waals surface area contributed by atoms with Crippen LogP contribution >= 0.6 is 0 Å². The van der Waals surface area contributed by atoms with Crippen LogP contribution in [0.5, 0.6) is 0 Å². The number of hydrogen-bond donors (Lipinski definition) is 2. The molecule has 0 unspecified atom stereocenters. The Bertz CT molecular complexity index is 720. The molecule has 0 aliphatic carbocycles. The molecular weight excluding hydrogens is 384 g/mol. The van der Waals surface area contributed by atoms with E-state index in [4.69, 9.17) is 4.74 Å². The number of nitrogens with one attached hydrogen (secondary N) is 1. The third kappa shape index (κ3) is 8.37. The molecule has 2 rings (SSSR count). The number of nitrogens with zero attached hydrogens (tertiary/aromatic N) is 1. The predicted octanol–water partition coefficient (Wildman–Crippen LogP) is 2.19. The van der Waals surface area contributed by atoms with E-state index in [-0.39, 0.29) is 50.0 Å². The Morgan fingerprint density at radius 3 is 2.73 bits per heavy atom. The molecule has 0 radical (unpaired) electrons. The van der Waals surface area contributed by atoms with E-state index in [0.29, 0.717) is 25.8 Å². The summed E-state index contributed by atoms with van der Waals surface area (Å²) < 4.78 is 5.19. The zero-order chi connectivity index (χ0) is 21.8. The molecule has 0 spiro atoms. The lowest BCUT2D eigenvalue weighted by Gasteiger charge is -2.25. The number of cyclic esters (lactones) is 1. The van der Waals surface area contributed by atoms with Crippen LogP contribution in [0.1, 0.15) is 44.6 Å². The Morgan fingerprint density at radius 1 is 1.23 bits per heavy atom. The van der Waals surface area contributed by atoms with Crippen molar-refractivity contribution in [2.24, 2.45) is 5.92 Å². The molecule has 7 nitrogen and oxygen atoms in total. The molecule has 7 heteroatoms. The lowest BCUT2D eigenvalue weighted by molar-refractivity contribution is -0.145. The van der Waals surface area contributed by atoms with E-state index in [1.807, 2.05) is 42.5 Å². The normalized spacial score (nSPS) is 20.9. The van der Waals surface area contributed by atoms with Gasteiger partial charge in [0.05, 0.1) is 18.6 Å². The van der Waals surface area contributed by atoms with Crippen molar-refractivity contribution in [1.29, 1.82) is 0 Å². The largest absolute Gasteiger partial charge is 0.464 e. The van der Waals surface area contributed by atoms with Gasteiger partial charge >= 0.3 is 5.97 Å². The molecule has 1 aromatic carbocycles. The predicted molar refractivity (Wildman–Crippen MR) is 113 cm³/mol. The highest BCUT2D eigenvalue weighted by molar-refractivity contribution is 5.86. The van der Waals surface area contributed by atoms with Crippen LogP contribution in [-0.4, -0.2) is 53.6 Å². The Kier molecular flexibility index (Phi) is 10.1. The average Bonchev–Trinajstić information content (AvgIpc) is 2.74. The third-order valence-electron chi connectivity index (χ3n) is 4.95. The second-order valence-electron chi connectivity index (χ2n) is 7.62. The quantitative estimate of drug-likeness (QED) is 0.547. The highest BCUT2D eigenvalue weighted by Crippen LogP contribution is 2.16. The van der Waals surface area contributed by atoms with Crippen LogP contribution in [0.25, 0.3) is 0 Å². The van der Waals surface area contributed by atoms with Gasteiger partial charge in [0.15, 0.2) is 0 Å². The Labute approximate surface area is 178 Å². The fraction of sp³-hybridized carbons (Fsp3) is 0.522. The van der Waals surface area contributed by atoms with E-state index < -0.39 is 5.92 Å². The molecule has 1 heterocycles. The van der Waals surface area contributed by atoms with Crippen molar-refractivity contribution < 1.29 is 24.2 Å². The van der Waals surface area contributed by atoms with Gasteiger partial charge < -0.3 is 20.1 Å². The maximum absolute atomic E-state index is 12.9. The minimum atomic E-state index is -0.523. The van der Waals surface area contributed by atoms with Gasteiger partial charge in [0.25, 0.3) is 0 Å². The van der Waals surface area contributed by atoms with Gasteiger partial charge in [0.1, 0.15) is 6.61 Å². The summed E-state index contributed by atoms with van der Waals surface area (Å²) in [5.74, 6) is -1.20. The van der Waals surface area contributed by atoms with E-state index in [0.717, 1.165) is 12.0 Å². The number of benzene rings is 1. The molecule has 2 amide bonds. The standard InChI is InChI=1S/C23H32N2O5/c1-18-17-30-22(28)12-8-3-2-7-11-20(23(29)24-18)15-21(27)25(13-14-26)16-19-9-5-4-6-10-19/h2,4-7,9-10,18,20,26H,3,8,11-17H2,1H3,(H,24,29)/t18-,20+/m0/s1. The molecule has 2 atom stereocenters. The summed E-state index contributed by atoms with van der Waals surface area (Å²) in [6.45, 7) is 2.34. The van der Waals surface area contributed by atoms with Gasteiger partial charge in [0.2, 0.25) is 11.8 Å². The highest BCUT2D eigenvalue weighted by atomic mass is 16.5. The van der Waals surface area contributed by atoms with Crippen LogP contribution in [0.2, 0.25) is 0 Å². The smallest absolute Gasteiger partial charge is 0.305 e. The van der Waals surface area contributed by atoms with Gasteiger partial charge in [-0.2, -0.15) is 0 Å². The second-order valence-corrected chi connectivity index (χ2v) is 7.62. The number of aliphatic hydroxyl groups is 1. The van der Waals surface area contributed by atoms with E-state index in [1.54, 1.807) is 11.8 Å². The van der Waals surface area contributed by atoms with Gasteiger partial charge in [0, 0.05) is 25.9 Å². The maximum atomic E-state index is 12.9. The summed E-state index contributed by atoms with van der Waals surface area (Å²) in [5.41, 5.74) is 0.967. The number of hydrogen-bond acceptors (Lipinski definition) is 5. The van der Waals surface area contributed by atoms with Gasteiger partial charge in [-0.05, 0) is 31.7 Å². The second kappa shape index (κ2) is 12.8. The van der Waals surface area contributed by atoms with E-state index in [9.17, 15) is 19.5 Å². The first kappa shape index (κ1) is 23.6. The number of aliphatic hydroxyl groups excluding tert-OH is 1. The summed E-state index contributed by atoms with van der Waals surface area (Å²) in [5, 5.41) is 12.2. The maximum Gasteiger partial charge on any atom is 0.305 e. The molecule has 0 aromatic heterocycles. The molecule has 30 heavy (non-hydrogen) atoms. The molecule has 0 saturated carbocycles. The highest BCUT2D eigenvalue weighted by Gasteiger charge is 2.25. The molecular formula is C23H32N2O5. The molecule has 1 aliphatic heterocycles. The van der Waals surface area contributed by atoms with E-state index in [2.05, 4.69) is 5.32 Å². The average molecular weight is 417 g/mol. The molecule has 1 aromatic rings. The first-order chi connectivity index (χ1) is 14.5. The van der Waals surface area contributed by atoms with Crippen molar-refractivity contribution in [2.75, 3.05) is 19.8 Å². The van der Waals surface area contributed by atoms with Gasteiger partial charge in [-0.1, -0.05) is 42.5 Å². The molecule has 0 saturated heterocycles. The minimum absolute atomic E-state index is 0.0511. The van der Waals surface area contributed by atoms with Crippen LogP contribution in [-0.2, 0) is 25.7 Å². The minimum Gasteiger partial charge on any atom is -0.464 e. The Morgan fingerprint density at radius 2 is 2.00 bits per heavy atom. The van der Waals surface area contributed by atoms with Crippen molar-refractivity contribution in [2.45, 2.75) is 51.6 Å². The Hall–Kier alpha value is -2.67. The number of allylic oxidation sites excluding steroid dienone is 2. The van der Waals surface area contributed by atoms with Crippen LogP contribution in [0.4, 0.5) is 0 Å². The summed E-state index contributed by atoms with van der Waals surface area (Å²) >= 11 is 0. The lowest BCUT2D eigenvalue weighted by Crippen LogP contribution is -2.42. The van der Waals surface area contributed by atoms with Gasteiger partial charge in [-0.15, -0.1) is 0 Å². The monoisotopic (exact) mass is 416 g/mol.